The number of nitrogens with one attached hydrogen (secondary N) is 2. The standard InChI is InChI=1S/C15H16F2N6O2/c1-15(2,24)6-19-12-10-11(18)22-23-13(10)21-14(20-12)25-9-4-3-7(16)5-8(9)17/h3-5,24H,6H2,1-2H3,(H4,18,19,20,21,22,23). The number of benzene rings is 1. The molecule has 8 nitrogen and oxygen atoms in total. The second kappa shape index (κ2) is 6.13. The van der Waals surface area contributed by atoms with Crippen molar-refractivity contribution >= 4 is 22.7 Å². The third kappa shape index (κ3) is 3.74. The molecule has 0 saturated carbocycles. The minimum atomic E-state index is -1.01. The first-order chi connectivity index (χ1) is 11.7. The van der Waals surface area contributed by atoms with Crippen LogP contribution in [0, 0.1) is 11.6 Å². The van der Waals surface area contributed by atoms with Crippen LogP contribution in [0.25, 0.3) is 11.0 Å². The number of anilines is 2. The largest absolute Gasteiger partial charge is 0.421 e. The zero-order valence-corrected chi connectivity index (χ0v) is 13.5. The number of rotatable bonds is 5. The molecule has 1 aromatic carbocycles. The Bertz CT molecular complexity index is 922. The minimum Gasteiger partial charge on any atom is -0.421 e. The number of nitrogen functional groups attached to an aromatic ring is 1. The number of fused-ring (bicyclic) bond motifs is 1. The number of aromatic amines is 1. The summed E-state index contributed by atoms with van der Waals surface area (Å²) in [5.74, 6) is -1.37. The van der Waals surface area contributed by atoms with Crippen molar-refractivity contribution in [3.05, 3.63) is 29.8 Å². The van der Waals surface area contributed by atoms with E-state index in [1.165, 1.54) is 0 Å². The van der Waals surface area contributed by atoms with Gasteiger partial charge in [0.1, 0.15) is 22.8 Å². The van der Waals surface area contributed by atoms with Crippen molar-refractivity contribution in [2.45, 2.75) is 19.4 Å². The Hall–Kier alpha value is -3.01. The Morgan fingerprint density at radius 1 is 1.32 bits per heavy atom. The van der Waals surface area contributed by atoms with E-state index in [-0.39, 0.29) is 35.6 Å². The van der Waals surface area contributed by atoms with E-state index in [1.807, 2.05) is 0 Å². The number of aromatic nitrogens is 4. The van der Waals surface area contributed by atoms with Gasteiger partial charge in [-0.2, -0.15) is 15.1 Å². The highest BCUT2D eigenvalue weighted by molar-refractivity contribution is 5.95. The van der Waals surface area contributed by atoms with Gasteiger partial charge in [-0.05, 0) is 26.0 Å². The lowest BCUT2D eigenvalue weighted by molar-refractivity contribution is 0.0944. The highest BCUT2D eigenvalue weighted by Gasteiger charge is 2.19. The van der Waals surface area contributed by atoms with E-state index in [4.69, 9.17) is 10.5 Å². The van der Waals surface area contributed by atoms with Gasteiger partial charge < -0.3 is 20.9 Å². The molecule has 0 unspecified atom stereocenters. The molecule has 0 fully saturated rings. The zero-order valence-electron chi connectivity index (χ0n) is 13.5. The molecular weight excluding hydrogens is 334 g/mol. The van der Waals surface area contributed by atoms with Gasteiger partial charge in [0.15, 0.2) is 17.2 Å². The average molecular weight is 350 g/mol. The summed E-state index contributed by atoms with van der Waals surface area (Å²) in [6.07, 6.45) is 0. The molecule has 0 saturated heterocycles. The van der Waals surface area contributed by atoms with Crippen molar-refractivity contribution in [2.24, 2.45) is 0 Å². The summed E-state index contributed by atoms with van der Waals surface area (Å²) in [5, 5.41) is 19.7. The van der Waals surface area contributed by atoms with E-state index in [9.17, 15) is 13.9 Å². The highest BCUT2D eigenvalue weighted by atomic mass is 19.1. The molecule has 0 aliphatic carbocycles. The van der Waals surface area contributed by atoms with Crippen LogP contribution in [0.3, 0.4) is 0 Å². The molecule has 5 N–H and O–H groups in total. The summed E-state index contributed by atoms with van der Waals surface area (Å²) in [4.78, 5) is 8.18. The minimum absolute atomic E-state index is 0.161. The number of aliphatic hydroxyl groups is 1. The van der Waals surface area contributed by atoms with Gasteiger partial charge in [0.05, 0.1) is 5.60 Å². The summed E-state index contributed by atoms with van der Waals surface area (Å²) in [7, 11) is 0. The third-order valence-corrected chi connectivity index (χ3v) is 3.20. The van der Waals surface area contributed by atoms with Gasteiger partial charge in [-0.25, -0.2) is 8.78 Å². The molecule has 25 heavy (non-hydrogen) atoms. The quantitative estimate of drug-likeness (QED) is 0.556. The molecule has 0 spiro atoms. The molecule has 10 heteroatoms. The summed E-state index contributed by atoms with van der Waals surface area (Å²) in [6.45, 7) is 3.39. The second-order valence-electron chi connectivity index (χ2n) is 6.03. The van der Waals surface area contributed by atoms with Gasteiger partial charge in [-0.15, -0.1) is 0 Å². The zero-order chi connectivity index (χ0) is 18.2. The van der Waals surface area contributed by atoms with Crippen molar-refractivity contribution in [1.82, 2.24) is 20.2 Å². The summed E-state index contributed by atoms with van der Waals surface area (Å²) in [6, 6.07) is 2.66. The molecule has 2 aromatic heterocycles. The second-order valence-corrected chi connectivity index (χ2v) is 6.03. The topological polar surface area (TPSA) is 122 Å². The van der Waals surface area contributed by atoms with Crippen LogP contribution in [-0.4, -0.2) is 37.4 Å². The molecule has 0 aliphatic rings. The summed E-state index contributed by atoms with van der Waals surface area (Å²) >= 11 is 0. The van der Waals surface area contributed by atoms with Crippen LogP contribution in [0.15, 0.2) is 18.2 Å². The predicted molar refractivity (Wildman–Crippen MR) is 87.3 cm³/mol. The number of nitrogens with two attached hydrogens (primary N) is 1. The monoisotopic (exact) mass is 350 g/mol. The van der Waals surface area contributed by atoms with Crippen LogP contribution in [0.1, 0.15) is 13.8 Å². The fourth-order valence-electron chi connectivity index (χ4n) is 2.06. The first kappa shape index (κ1) is 16.8. The Balaban J connectivity index is 1.98. The van der Waals surface area contributed by atoms with E-state index in [2.05, 4.69) is 25.5 Å². The number of hydrogen-bond acceptors (Lipinski definition) is 7. The first-order valence-corrected chi connectivity index (χ1v) is 7.34. The van der Waals surface area contributed by atoms with Gasteiger partial charge in [-0.1, -0.05) is 0 Å². The van der Waals surface area contributed by atoms with Gasteiger partial charge >= 0.3 is 6.01 Å². The van der Waals surface area contributed by atoms with Gasteiger partial charge in [0.25, 0.3) is 0 Å². The molecule has 3 rings (SSSR count). The van der Waals surface area contributed by atoms with Crippen molar-refractivity contribution in [3.8, 4) is 11.8 Å². The molecule has 0 bridgehead atoms. The highest BCUT2D eigenvalue weighted by Crippen LogP contribution is 2.29. The van der Waals surface area contributed by atoms with Crippen LogP contribution in [-0.2, 0) is 0 Å². The molecule has 0 atom stereocenters. The molecule has 0 aliphatic heterocycles. The lowest BCUT2D eigenvalue weighted by Gasteiger charge is -2.18. The summed E-state index contributed by atoms with van der Waals surface area (Å²) < 4.78 is 32.0. The predicted octanol–water partition coefficient (Wildman–Crippen LogP) is 2.19. The number of hydrogen-bond donors (Lipinski definition) is 4. The third-order valence-electron chi connectivity index (χ3n) is 3.20. The van der Waals surface area contributed by atoms with Crippen LogP contribution in [0.2, 0.25) is 0 Å². The molecule has 0 radical (unpaired) electrons. The van der Waals surface area contributed by atoms with Crippen molar-refractivity contribution in [2.75, 3.05) is 17.6 Å². The van der Waals surface area contributed by atoms with Crippen LogP contribution in [0.5, 0.6) is 11.8 Å². The summed E-state index contributed by atoms with van der Waals surface area (Å²) in [5.41, 5.74) is 5.00. The van der Waals surface area contributed by atoms with E-state index in [1.54, 1.807) is 13.8 Å². The van der Waals surface area contributed by atoms with E-state index < -0.39 is 17.2 Å². The fourth-order valence-corrected chi connectivity index (χ4v) is 2.06. The van der Waals surface area contributed by atoms with Gasteiger partial charge in [-0.3, -0.25) is 5.10 Å². The number of H-pyrrole nitrogens is 1. The molecular formula is C15H16F2N6O2. The smallest absolute Gasteiger partial charge is 0.326 e. The van der Waals surface area contributed by atoms with Crippen LogP contribution in [0.4, 0.5) is 20.4 Å². The lowest BCUT2D eigenvalue weighted by atomic mass is 10.1. The van der Waals surface area contributed by atoms with E-state index in [0.717, 1.165) is 12.1 Å². The van der Waals surface area contributed by atoms with Crippen LogP contribution < -0.4 is 15.8 Å². The normalized spacial score (nSPS) is 11.7. The Kier molecular flexibility index (Phi) is 4.13. The van der Waals surface area contributed by atoms with Gasteiger partial charge in [0.2, 0.25) is 0 Å². The van der Waals surface area contributed by atoms with E-state index in [0.29, 0.717) is 11.5 Å². The van der Waals surface area contributed by atoms with Crippen molar-refractivity contribution in [3.63, 3.8) is 0 Å². The Morgan fingerprint density at radius 3 is 2.76 bits per heavy atom. The maximum Gasteiger partial charge on any atom is 0.326 e. The Labute approximate surface area is 141 Å². The number of nitrogens with zero attached hydrogens (tertiary/aromatic N) is 3. The molecule has 2 heterocycles. The van der Waals surface area contributed by atoms with Crippen molar-refractivity contribution < 1.29 is 18.6 Å². The first-order valence-electron chi connectivity index (χ1n) is 7.34. The maximum absolute atomic E-state index is 13.7. The van der Waals surface area contributed by atoms with Gasteiger partial charge in [0, 0.05) is 12.6 Å². The maximum atomic E-state index is 13.7. The Morgan fingerprint density at radius 2 is 2.08 bits per heavy atom. The lowest BCUT2D eigenvalue weighted by Crippen LogP contribution is -2.29. The van der Waals surface area contributed by atoms with Crippen molar-refractivity contribution in [1.29, 1.82) is 0 Å². The number of halogens is 2. The van der Waals surface area contributed by atoms with E-state index >= 15 is 0 Å². The fraction of sp³-hybridized carbons (Fsp3) is 0.267. The van der Waals surface area contributed by atoms with Crippen LogP contribution >= 0.6 is 0 Å². The molecule has 0 amide bonds. The number of ether oxygens (including phenoxy) is 1. The molecule has 132 valence electrons. The molecule has 3 aromatic rings. The average Bonchev–Trinajstić information content (AvgIpc) is 2.88. The SMILES string of the molecule is CC(C)(O)CNc1nc(Oc2ccc(F)cc2F)nc2n[nH]c(N)c12.